The quantitative estimate of drug-likeness (QED) is 0.488. The molecule has 1 atom stereocenters. The first kappa shape index (κ1) is 13.6. The van der Waals surface area contributed by atoms with Gasteiger partial charge >= 0.3 is 13.1 Å². The fourth-order valence-corrected chi connectivity index (χ4v) is 2.10. The monoisotopic (exact) mass is 262 g/mol. The number of ether oxygens (including phenoxy) is 2. The summed E-state index contributed by atoms with van der Waals surface area (Å²) in [5.41, 5.74) is 1.79. The minimum Gasteiger partial charge on any atom is -0.497 e. The second-order valence-corrected chi connectivity index (χ2v) is 4.27. The maximum atomic E-state index is 11.4. The van der Waals surface area contributed by atoms with E-state index in [-0.39, 0.29) is 6.42 Å². The second-order valence-electron chi connectivity index (χ2n) is 4.27. The summed E-state index contributed by atoms with van der Waals surface area (Å²) < 4.78 is 15.2. The number of hydrogen-bond acceptors (Lipinski definition) is 5. The normalized spacial score (nSPS) is 17.0. The molecule has 1 aromatic rings. The van der Waals surface area contributed by atoms with Crippen LogP contribution in [0.4, 0.5) is 0 Å². The molecule has 6 heteroatoms. The minimum absolute atomic E-state index is 0.268. The summed E-state index contributed by atoms with van der Waals surface area (Å²) in [6.07, 6.45) is -0.157. The average molecular weight is 262 g/mol. The molecule has 1 heterocycles. The van der Waals surface area contributed by atoms with Crippen LogP contribution in [0, 0.1) is 0 Å². The SMILES string of the molecule is C=C(CC1OB(O)c2ccc(OC)cc21)C(=O)OC. The lowest BCUT2D eigenvalue weighted by Gasteiger charge is -2.13. The lowest BCUT2D eigenvalue weighted by atomic mass is 9.79. The van der Waals surface area contributed by atoms with Gasteiger partial charge in [-0.2, -0.15) is 0 Å². The maximum Gasteiger partial charge on any atom is 0.491 e. The highest BCUT2D eigenvalue weighted by molar-refractivity contribution is 6.61. The first-order valence-corrected chi connectivity index (χ1v) is 5.84. The van der Waals surface area contributed by atoms with Crippen LogP contribution < -0.4 is 10.2 Å². The summed E-state index contributed by atoms with van der Waals surface area (Å²) in [7, 11) is 1.88. The van der Waals surface area contributed by atoms with Gasteiger partial charge in [-0.1, -0.05) is 12.6 Å². The van der Waals surface area contributed by atoms with Crippen molar-refractivity contribution in [2.75, 3.05) is 14.2 Å². The summed E-state index contributed by atoms with van der Waals surface area (Å²) >= 11 is 0. The largest absolute Gasteiger partial charge is 0.497 e. The molecule has 0 saturated heterocycles. The van der Waals surface area contributed by atoms with Gasteiger partial charge in [0, 0.05) is 12.0 Å². The number of carbonyl (C=O) groups excluding carboxylic acids is 1. The molecular formula is C13H15BO5. The molecule has 0 aliphatic carbocycles. The Kier molecular flexibility index (Phi) is 3.92. The fourth-order valence-electron chi connectivity index (χ4n) is 2.10. The van der Waals surface area contributed by atoms with Gasteiger partial charge in [-0.15, -0.1) is 0 Å². The first-order valence-electron chi connectivity index (χ1n) is 5.84. The van der Waals surface area contributed by atoms with Crippen LogP contribution >= 0.6 is 0 Å². The highest BCUT2D eigenvalue weighted by Gasteiger charge is 2.36. The number of carbonyl (C=O) groups is 1. The number of esters is 1. The molecule has 0 bridgehead atoms. The fraction of sp³-hybridized carbons (Fsp3) is 0.308. The van der Waals surface area contributed by atoms with Crippen molar-refractivity contribution in [2.24, 2.45) is 0 Å². The van der Waals surface area contributed by atoms with Gasteiger partial charge in [0.2, 0.25) is 0 Å². The molecule has 1 unspecified atom stereocenters. The van der Waals surface area contributed by atoms with Crippen LogP contribution in [0.2, 0.25) is 0 Å². The molecule has 0 amide bonds. The summed E-state index contributed by atoms with van der Waals surface area (Å²) in [5, 5.41) is 9.82. The lowest BCUT2D eigenvalue weighted by Crippen LogP contribution is -2.27. The Morgan fingerprint density at radius 3 is 2.89 bits per heavy atom. The summed E-state index contributed by atoms with van der Waals surface area (Å²) in [6, 6.07) is 5.30. The molecule has 0 saturated carbocycles. The van der Waals surface area contributed by atoms with Crippen molar-refractivity contribution in [1.29, 1.82) is 0 Å². The number of benzene rings is 1. The van der Waals surface area contributed by atoms with Crippen LogP contribution in [0.5, 0.6) is 5.75 Å². The molecule has 1 aromatic carbocycles. The molecule has 0 fully saturated rings. The van der Waals surface area contributed by atoms with E-state index in [0.29, 0.717) is 16.8 Å². The number of rotatable bonds is 4. The van der Waals surface area contributed by atoms with Crippen LogP contribution in [0.3, 0.4) is 0 Å². The van der Waals surface area contributed by atoms with Crippen molar-refractivity contribution in [2.45, 2.75) is 12.5 Å². The number of hydrogen-bond donors (Lipinski definition) is 1. The molecular weight excluding hydrogens is 247 g/mol. The Morgan fingerprint density at radius 2 is 2.26 bits per heavy atom. The highest BCUT2D eigenvalue weighted by Crippen LogP contribution is 2.31. The first-order chi connectivity index (χ1) is 9.06. The summed E-state index contributed by atoms with van der Waals surface area (Å²) in [5.74, 6) is 0.194. The topological polar surface area (TPSA) is 65.0 Å². The molecule has 2 rings (SSSR count). The Bertz CT molecular complexity index is 514. The van der Waals surface area contributed by atoms with Crippen molar-refractivity contribution >= 4 is 18.6 Å². The van der Waals surface area contributed by atoms with Crippen molar-refractivity contribution in [3.8, 4) is 5.75 Å². The van der Waals surface area contributed by atoms with Crippen molar-refractivity contribution in [3.05, 3.63) is 35.9 Å². The van der Waals surface area contributed by atoms with Crippen LogP contribution in [0.15, 0.2) is 30.4 Å². The number of fused-ring (bicyclic) bond motifs is 1. The van der Waals surface area contributed by atoms with E-state index >= 15 is 0 Å². The Morgan fingerprint density at radius 1 is 1.53 bits per heavy atom. The van der Waals surface area contributed by atoms with Crippen LogP contribution in [0.25, 0.3) is 0 Å². The zero-order chi connectivity index (χ0) is 14.0. The standard InChI is InChI=1S/C13H15BO5/c1-8(13(15)18-3)6-12-10-7-9(17-2)4-5-11(10)14(16)19-12/h4-5,7,12,16H,1,6H2,2-3H3. The molecule has 0 radical (unpaired) electrons. The van der Waals surface area contributed by atoms with Crippen LogP contribution in [0.1, 0.15) is 18.1 Å². The van der Waals surface area contributed by atoms with E-state index in [4.69, 9.17) is 9.39 Å². The third kappa shape index (κ3) is 2.64. The van der Waals surface area contributed by atoms with E-state index in [0.717, 1.165) is 5.56 Å². The summed E-state index contributed by atoms with van der Waals surface area (Å²) in [6.45, 7) is 3.66. The summed E-state index contributed by atoms with van der Waals surface area (Å²) in [4.78, 5) is 11.4. The second kappa shape index (κ2) is 5.46. The van der Waals surface area contributed by atoms with Gasteiger partial charge in [0.15, 0.2) is 0 Å². The zero-order valence-corrected chi connectivity index (χ0v) is 10.9. The molecule has 1 aliphatic rings. The molecule has 1 aliphatic heterocycles. The Balaban J connectivity index is 2.22. The minimum atomic E-state index is -0.989. The maximum absolute atomic E-state index is 11.4. The molecule has 0 spiro atoms. The van der Waals surface area contributed by atoms with E-state index in [1.54, 1.807) is 25.3 Å². The smallest absolute Gasteiger partial charge is 0.491 e. The van der Waals surface area contributed by atoms with Gasteiger partial charge < -0.3 is 19.2 Å². The van der Waals surface area contributed by atoms with E-state index in [1.165, 1.54) is 7.11 Å². The Hall–Kier alpha value is -1.79. The predicted molar refractivity (Wildman–Crippen MR) is 70.2 cm³/mol. The van der Waals surface area contributed by atoms with Crippen molar-refractivity contribution < 1.29 is 23.9 Å². The Labute approximate surface area is 111 Å². The van der Waals surface area contributed by atoms with Gasteiger partial charge in [0.25, 0.3) is 0 Å². The van der Waals surface area contributed by atoms with Gasteiger partial charge in [0.05, 0.1) is 20.3 Å². The third-order valence-electron chi connectivity index (χ3n) is 3.11. The lowest BCUT2D eigenvalue weighted by molar-refractivity contribution is -0.136. The molecule has 100 valence electrons. The van der Waals surface area contributed by atoms with Gasteiger partial charge in [0.1, 0.15) is 5.75 Å². The van der Waals surface area contributed by atoms with Crippen LogP contribution in [-0.4, -0.2) is 32.3 Å². The average Bonchev–Trinajstić information content (AvgIpc) is 2.73. The molecule has 5 nitrogen and oxygen atoms in total. The molecule has 1 N–H and O–H groups in total. The van der Waals surface area contributed by atoms with Crippen LogP contribution in [-0.2, 0) is 14.2 Å². The van der Waals surface area contributed by atoms with Gasteiger partial charge in [-0.25, -0.2) is 4.79 Å². The van der Waals surface area contributed by atoms with Crippen molar-refractivity contribution in [1.82, 2.24) is 0 Å². The molecule has 19 heavy (non-hydrogen) atoms. The van der Waals surface area contributed by atoms with E-state index < -0.39 is 19.2 Å². The number of methoxy groups -OCH3 is 2. The van der Waals surface area contributed by atoms with Crippen molar-refractivity contribution in [3.63, 3.8) is 0 Å². The highest BCUT2D eigenvalue weighted by atomic mass is 16.5. The van der Waals surface area contributed by atoms with E-state index in [2.05, 4.69) is 11.3 Å². The predicted octanol–water partition coefficient (Wildman–Crippen LogP) is 0.573. The van der Waals surface area contributed by atoms with Gasteiger partial charge in [-0.05, 0) is 23.2 Å². The van der Waals surface area contributed by atoms with E-state index in [1.807, 2.05) is 0 Å². The zero-order valence-electron chi connectivity index (χ0n) is 10.9. The molecule has 0 aromatic heterocycles. The van der Waals surface area contributed by atoms with Gasteiger partial charge in [-0.3, -0.25) is 0 Å². The van der Waals surface area contributed by atoms with E-state index in [9.17, 15) is 9.82 Å². The third-order valence-corrected chi connectivity index (χ3v) is 3.11.